The maximum absolute atomic E-state index is 12.5. The smallest absolute Gasteiger partial charge is 0.267 e. The third kappa shape index (κ3) is 2.98. The van der Waals surface area contributed by atoms with Crippen molar-refractivity contribution in [3.05, 3.63) is 58.1 Å². The number of nitrogens with zero attached hydrogens (tertiary/aromatic N) is 5. The van der Waals surface area contributed by atoms with Crippen molar-refractivity contribution in [1.29, 1.82) is 0 Å². The van der Waals surface area contributed by atoms with Gasteiger partial charge in [0.2, 0.25) is 0 Å². The molecule has 0 radical (unpaired) electrons. The molecule has 7 heteroatoms. The fourth-order valence-electron chi connectivity index (χ4n) is 4.11. The van der Waals surface area contributed by atoms with Gasteiger partial charge in [0.1, 0.15) is 0 Å². The number of anilines is 1. The Kier molecular flexibility index (Phi) is 4.09. The van der Waals surface area contributed by atoms with Crippen LogP contribution in [0.4, 0.5) is 5.82 Å². The molecule has 5 rings (SSSR count). The molecule has 0 aliphatic carbocycles. The number of hydrogen-bond donors (Lipinski definition) is 0. The zero-order chi connectivity index (χ0) is 18.2. The summed E-state index contributed by atoms with van der Waals surface area (Å²) in [7, 11) is 0. The molecule has 0 spiro atoms. The molecule has 1 aromatic carbocycles. The van der Waals surface area contributed by atoms with E-state index in [-0.39, 0.29) is 11.6 Å². The van der Waals surface area contributed by atoms with Crippen molar-refractivity contribution >= 4 is 16.6 Å². The van der Waals surface area contributed by atoms with E-state index >= 15 is 0 Å². The summed E-state index contributed by atoms with van der Waals surface area (Å²) in [6.07, 6.45) is 4.64. The molecule has 7 nitrogen and oxygen atoms in total. The highest BCUT2D eigenvalue weighted by Gasteiger charge is 2.28. The van der Waals surface area contributed by atoms with Gasteiger partial charge in [0.25, 0.3) is 5.56 Å². The molecule has 138 valence electrons. The van der Waals surface area contributed by atoms with Gasteiger partial charge in [-0.1, -0.05) is 24.3 Å². The van der Waals surface area contributed by atoms with Gasteiger partial charge < -0.3 is 9.64 Å². The van der Waals surface area contributed by atoms with Crippen LogP contribution in [0.5, 0.6) is 0 Å². The SMILES string of the molecule is O=c1cc2c(nn1CC1CCCN1c1nncc3ccccc13)CCOC2. The van der Waals surface area contributed by atoms with Gasteiger partial charge in [-0.3, -0.25) is 4.79 Å². The molecule has 2 aromatic heterocycles. The average Bonchev–Trinajstić information content (AvgIpc) is 3.16. The Morgan fingerprint density at radius 2 is 2.19 bits per heavy atom. The van der Waals surface area contributed by atoms with Gasteiger partial charge in [0.15, 0.2) is 5.82 Å². The second-order valence-electron chi connectivity index (χ2n) is 7.18. The first-order valence-electron chi connectivity index (χ1n) is 9.44. The van der Waals surface area contributed by atoms with Gasteiger partial charge >= 0.3 is 0 Å². The van der Waals surface area contributed by atoms with Crippen LogP contribution in [-0.2, 0) is 24.3 Å². The van der Waals surface area contributed by atoms with Crippen molar-refractivity contribution in [3.63, 3.8) is 0 Å². The maximum Gasteiger partial charge on any atom is 0.267 e. The van der Waals surface area contributed by atoms with E-state index in [4.69, 9.17) is 4.74 Å². The standard InChI is InChI=1S/C20H21N5O2/c26-19-10-15-13-27-9-7-18(15)23-25(19)12-16-5-3-8-24(16)20-17-6-2-1-4-14(17)11-21-22-20/h1-2,4,6,10-11,16H,3,5,7-9,12-13H2. The number of fused-ring (bicyclic) bond motifs is 2. The summed E-state index contributed by atoms with van der Waals surface area (Å²) in [6, 6.07) is 10.0. The number of ether oxygens (including phenoxy) is 1. The van der Waals surface area contributed by atoms with Crippen molar-refractivity contribution in [2.45, 2.75) is 38.5 Å². The second kappa shape index (κ2) is 6.74. The first-order chi connectivity index (χ1) is 13.3. The zero-order valence-corrected chi connectivity index (χ0v) is 15.0. The summed E-state index contributed by atoms with van der Waals surface area (Å²) in [4.78, 5) is 14.8. The Morgan fingerprint density at radius 1 is 1.26 bits per heavy atom. The Bertz CT molecular complexity index is 1040. The lowest BCUT2D eigenvalue weighted by molar-refractivity contribution is 0.108. The van der Waals surface area contributed by atoms with Gasteiger partial charge in [-0.25, -0.2) is 4.68 Å². The lowest BCUT2D eigenvalue weighted by Crippen LogP contribution is -2.38. The molecular weight excluding hydrogens is 342 g/mol. The molecule has 3 aromatic rings. The van der Waals surface area contributed by atoms with E-state index in [1.165, 1.54) is 0 Å². The van der Waals surface area contributed by atoms with Crippen LogP contribution in [0.1, 0.15) is 24.1 Å². The van der Waals surface area contributed by atoms with Crippen LogP contribution in [0.2, 0.25) is 0 Å². The lowest BCUT2D eigenvalue weighted by Gasteiger charge is -2.27. The van der Waals surface area contributed by atoms with Crippen LogP contribution < -0.4 is 10.5 Å². The van der Waals surface area contributed by atoms with Crippen LogP contribution in [0.25, 0.3) is 10.8 Å². The summed E-state index contributed by atoms with van der Waals surface area (Å²) in [5, 5.41) is 15.4. The fraction of sp³-hybridized carbons (Fsp3) is 0.400. The van der Waals surface area contributed by atoms with Gasteiger partial charge in [0, 0.05) is 35.4 Å². The molecule has 0 N–H and O–H groups in total. The third-order valence-corrected chi connectivity index (χ3v) is 5.49. The van der Waals surface area contributed by atoms with Gasteiger partial charge in [-0.15, -0.1) is 5.10 Å². The average molecular weight is 363 g/mol. The number of aromatic nitrogens is 4. The van der Waals surface area contributed by atoms with Crippen molar-refractivity contribution < 1.29 is 4.74 Å². The molecule has 2 aliphatic heterocycles. The third-order valence-electron chi connectivity index (χ3n) is 5.49. The topological polar surface area (TPSA) is 73.1 Å². The molecule has 4 heterocycles. The summed E-state index contributed by atoms with van der Waals surface area (Å²) in [5.41, 5.74) is 1.84. The minimum atomic E-state index is -0.0601. The molecule has 1 atom stereocenters. The van der Waals surface area contributed by atoms with E-state index in [1.54, 1.807) is 16.9 Å². The molecule has 0 bridgehead atoms. The minimum absolute atomic E-state index is 0.0601. The maximum atomic E-state index is 12.5. The van der Waals surface area contributed by atoms with Crippen LogP contribution in [-0.4, -0.2) is 39.2 Å². The fourth-order valence-corrected chi connectivity index (χ4v) is 4.11. The van der Waals surface area contributed by atoms with E-state index in [0.29, 0.717) is 19.8 Å². The number of benzene rings is 1. The molecular formula is C20H21N5O2. The van der Waals surface area contributed by atoms with E-state index in [1.807, 2.05) is 12.1 Å². The van der Waals surface area contributed by atoms with Crippen LogP contribution in [0, 0.1) is 0 Å². The van der Waals surface area contributed by atoms with E-state index in [0.717, 1.165) is 53.7 Å². The van der Waals surface area contributed by atoms with E-state index < -0.39 is 0 Å². The van der Waals surface area contributed by atoms with Gasteiger partial charge in [-0.2, -0.15) is 10.2 Å². The second-order valence-corrected chi connectivity index (χ2v) is 7.18. The summed E-state index contributed by atoms with van der Waals surface area (Å²) in [5.74, 6) is 0.898. The van der Waals surface area contributed by atoms with Crippen molar-refractivity contribution in [3.8, 4) is 0 Å². The zero-order valence-electron chi connectivity index (χ0n) is 15.0. The highest BCUT2D eigenvalue weighted by atomic mass is 16.5. The first kappa shape index (κ1) is 16.4. The molecule has 1 fully saturated rings. The summed E-state index contributed by atoms with van der Waals surface area (Å²) < 4.78 is 7.05. The van der Waals surface area contributed by atoms with Crippen molar-refractivity contribution in [2.24, 2.45) is 0 Å². The predicted molar refractivity (Wildman–Crippen MR) is 102 cm³/mol. The van der Waals surface area contributed by atoms with Crippen LogP contribution in [0.15, 0.2) is 41.3 Å². The van der Waals surface area contributed by atoms with Crippen LogP contribution in [0.3, 0.4) is 0 Å². The molecule has 2 aliphatic rings. The normalized spacial score (nSPS) is 19.4. The van der Waals surface area contributed by atoms with E-state index in [2.05, 4.69) is 32.3 Å². The lowest BCUT2D eigenvalue weighted by atomic mass is 10.1. The monoisotopic (exact) mass is 363 g/mol. The Hall–Kier alpha value is -2.80. The quantitative estimate of drug-likeness (QED) is 0.708. The Labute approximate surface area is 156 Å². The number of hydrogen-bond acceptors (Lipinski definition) is 6. The van der Waals surface area contributed by atoms with Crippen molar-refractivity contribution in [1.82, 2.24) is 20.0 Å². The molecule has 1 saturated heterocycles. The molecule has 0 saturated carbocycles. The van der Waals surface area contributed by atoms with Crippen molar-refractivity contribution in [2.75, 3.05) is 18.1 Å². The Morgan fingerprint density at radius 3 is 3.15 bits per heavy atom. The highest BCUT2D eigenvalue weighted by molar-refractivity contribution is 5.91. The first-order valence-corrected chi connectivity index (χ1v) is 9.44. The Balaban J connectivity index is 1.48. The number of rotatable bonds is 3. The highest BCUT2D eigenvalue weighted by Crippen LogP contribution is 2.30. The minimum Gasteiger partial charge on any atom is -0.376 e. The molecule has 1 unspecified atom stereocenters. The summed E-state index contributed by atoms with van der Waals surface area (Å²) >= 11 is 0. The van der Waals surface area contributed by atoms with Gasteiger partial charge in [0.05, 0.1) is 37.7 Å². The van der Waals surface area contributed by atoms with Gasteiger partial charge in [-0.05, 0) is 12.8 Å². The largest absolute Gasteiger partial charge is 0.376 e. The predicted octanol–water partition coefficient (Wildman–Crippen LogP) is 1.93. The molecule has 0 amide bonds. The van der Waals surface area contributed by atoms with E-state index in [9.17, 15) is 4.79 Å². The van der Waals surface area contributed by atoms with Crippen LogP contribution >= 0.6 is 0 Å². The summed E-state index contributed by atoms with van der Waals surface area (Å²) in [6.45, 7) is 2.64. The molecule has 27 heavy (non-hydrogen) atoms.